The molecule has 110 valence electrons. The molecule has 1 amide bonds. The van der Waals surface area contributed by atoms with Crippen LogP contribution in [0.2, 0.25) is 0 Å². The first-order chi connectivity index (χ1) is 8.68. The van der Waals surface area contributed by atoms with Gasteiger partial charge in [-0.15, -0.1) is 0 Å². The average Bonchev–Trinajstić information content (AvgIpc) is 2.26. The molecule has 0 bridgehead atoms. The number of ether oxygens (including phenoxy) is 1. The van der Waals surface area contributed by atoms with Gasteiger partial charge in [0.05, 0.1) is 0 Å². The molecule has 0 spiro atoms. The van der Waals surface area contributed by atoms with Crippen LogP contribution in [0.25, 0.3) is 0 Å². The fourth-order valence-electron chi connectivity index (χ4n) is 4.06. The third-order valence-electron chi connectivity index (χ3n) is 4.79. The minimum Gasteiger partial charge on any atom is -0.444 e. The lowest BCUT2D eigenvalue weighted by molar-refractivity contribution is -0.139. The number of carbonyl (C=O) groups excluding carboxylic acids is 1. The summed E-state index contributed by atoms with van der Waals surface area (Å²) in [6.45, 7) is 11.7. The monoisotopic (exact) mass is 268 g/mol. The molecule has 1 aliphatic heterocycles. The van der Waals surface area contributed by atoms with Gasteiger partial charge in [0.1, 0.15) is 5.60 Å². The van der Waals surface area contributed by atoms with Crippen molar-refractivity contribution in [3.63, 3.8) is 0 Å². The molecule has 1 aliphatic carbocycles. The van der Waals surface area contributed by atoms with E-state index in [-0.39, 0.29) is 11.5 Å². The van der Waals surface area contributed by atoms with E-state index < -0.39 is 5.60 Å². The van der Waals surface area contributed by atoms with Crippen LogP contribution in [-0.4, -0.2) is 35.7 Å². The van der Waals surface area contributed by atoms with Crippen molar-refractivity contribution < 1.29 is 9.53 Å². The summed E-state index contributed by atoms with van der Waals surface area (Å²) < 4.78 is 5.55. The molecule has 1 saturated heterocycles. The van der Waals surface area contributed by atoms with Crippen LogP contribution in [0.4, 0.5) is 4.79 Å². The number of piperidine rings is 1. The average molecular weight is 268 g/mol. The molecule has 2 aliphatic rings. The van der Waals surface area contributed by atoms with E-state index in [1.165, 1.54) is 6.42 Å². The summed E-state index contributed by atoms with van der Waals surface area (Å²) in [4.78, 5) is 14.3. The summed E-state index contributed by atoms with van der Waals surface area (Å²) in [6.07, 6.45) is 2.09. The summed E-state index contributed by atoms with van der Waals surface area (Å²) in [5.74, 6) is 1.09. The maximum atomic E-state index is 12.4. The highest BCUT2D eigenvalue weighted by molar-refractivity contribution is 5.69. The van der Waals surface area contributed by atoms with E-state index in [1.807, 2.05) is 25.7 Å². The fraction of sp³-hybridized carbons (Fsp3) is 0.933. The van der Waals surface area contributed by atoms with Gasteiger partial charge in [0.15, 0.2) is 0 Å². The summed E-state index contributed by atoms with van der Waals surface area (Å²) in [7, 11) is 0. The second-order valence-corrected chi connectivity index (χ2v) is 7.59. The third-order valence-corrected chi connectivity index (χ3v) is 4.79. The molecular formula is C15H28N2O2. The van der Waals surface area contributed by atoms with Gasteiger partial charge in [-0.25, -0.2) is 4.79 Å². The van der Waals surface area contributed by atoms with Crippen LogP contribution in [0.1, 0.15) is 47.5 Å². The van der Waals surface area contributed by atoms with E-state index >= 15 is 0 Å². The molecule has 19 heavy (non-hydrogen) atoms. The van der Waals surface area contributed by atoms with Gasteiger partial charge in [-0.05, 0) is 57.4 Å². The predicted molar refractivity (Wildman–Crippen MR) is 75.8 cm³/mol. The number of carbonyl (C=O) groups is 1. The molecule has 2 rings (SSSR count). The molecule has 2 fully saturated rings. The molecule has 0 aromatic carbocycles. The van der Waals surface area contributed by atoms with Gasteiger partial charge in [-0.3, -0.25) is 0 Å². The van der Waals surface area contributed by atoms with Gasteiger partial charge in [-0.1, -0.05) is 13.8 Å². The number of likely N-dealkylation sites (tertiary alicyclic amines) is 1. The quantitative estimate of drug-likeness (QED) is 0.795. The Morgan fingerprint density at radius 3 is 2.58 bits per heavy atom. The van der Waals surface area contributed by atoms with Gasteiger partial charge in [0.2, 0.25) is 0 Å². The van der Waals surface area contributed by atoms with Crippen LogP contribution in [0.5, 0.6) is 0 Å². The number of nitrogens with two attached hydrogens (primary N) is 1. The number of nitrogens with zero attached hydrogens (tertiary/aromatic N) is 1. The Morgan fingerprint density at radius 2 is 2.05 bits per heavy atom. The van der Waals surface area contributed by atoms with Crippen molar-refractivity contribution >= 4 is 6.09 Å². The standard InChI is InChI=1S/C15H28N2O2/c1-14(2,3)19-13(18)17-8-6-7-10-11(9-16)15(4,5)12(10)17/h10-12H,6-9,16H2,1-5H3/t10-,11+,12-/m1/s1. The molecular weight excluding hydrogens is 240 g/mol. The van der Waals surface area contributed by atoms with Crippen molar-refractivity contribution in [3.8, 4) is 0 Å². The zero-order valence-corrected chi connectivity index (χ0v) is 12.9. The smallest absolute Gasteiger partial charge is 0.410 e. The normalized spacial score (nSPS) is 33.4. The molecule has 0 radical (unpaired) electrons. The summed E-state index contributed by atoms with van der Waals surface area (Å²) >= 11 is 0. The molecule has 0 aromatic heterocycles. The van der Waals surface area contributed by atoms with Crippen LogP contribution >= 0.6 is 0 Å². The first-order valence-corrected chi connectivity index (χ1v) is 7.38. The van der Waals surface area contributed by atoms with Crippen LogP contribution in [0, 0.1) is 17.3 Å². The summed E-state index contributed by atoms with van der Waals surface area (Å²) in [5.41, 5.74) is 5.59. The van der Waals surface area contributed by atoms with Crippen LogP contribution in [-0.2, 0) is 4.74 Å². The lowest BCUT2D eigenvalue weighted by atomic mass is 9.49. The second kappa shape index (κ2) is 4.65. The van der Waals surface area contributed by atoms with Crippen molar-refractivity contribution in [3.05, 3.63) is 0 Å². The summed E-state index contributed by atoms with van der Waals surface area (Å²) in [5, 5.41) is 0. The van der Waals surface area contributed by atoms with Gasteiger partial charge in [0, 0.05) is 12.6 Å². The first kappa shape index (κ1) is 14.6. The number of rotatable bonds is 1. The number of hydrogen-bond acceptors (Lipinski definition) is 3. The Labute approximate surface area is 116 Å². The molecule has 1 heterocycles. The molecule has 2 N–H and O–H groups in total. The summed E-state index contributed by atoms with van der Waals surface area (Å²) in [6, 6.07) is 0.296. The topological polar surface area (TPSA) is 55.6 Å². The van der Waals surface area contributed by atoms with Crippen LogP contribution in [0.3, 0.4) is 0 Å². The van der Waals surface area contributed by atoms with Crippen molar-refractivity contribution in [1.82, 2.24) is 4.90 Å². The SMILES string of the molecule is CC(C)(C)OC(=O)N1CCC[C@@H]2[C@H](CN)C(C)(C)[C@@H]21. The molecule has 0 unspecified atom stereocenters. The first-order valence-electron chi connectivity index (χ1n) is 7.38. The predicted octanol–water partition coefficient (Wildman–Crippen LogP) is 2.62. The number of amides is 1. The Hall–Kier alpha value is -0.770. The van der Waals surface area contributed by atoms with E-state index in [1.54, 1.807) is 0 Å². The maximum Gasteiger partial charge on any atom is 0.410 e. The lowest BCUT2D eigenvalue weighted by Gasteiger charge is -2.63. The Balaban J connectivity index is 2.12. The van der Waals surface area contributed by atoms with E-state index in [4.69, 9.17) is 10.5 Å². The van der Waals surface area contributed by atoms with Crippen LogP contribution in [0.15, 0.2) is 0 Å². The van der Waals surface area contributed by atoms with Gasteiger partial charge in [0.25, 0.3) is 0 Å². The minimum atomic E-state index is -0.425. The zero-order valence-electron chi connectivity index (χ0n) is 12.9. The van der Waals surface area contributed by atoms with E-state index in [9.17, 15) is 4.79 Å². The largest absolute Gasteiger partial charge is 0.444 e. The molecule has 1 saturated carbocycles. The Morgan fingerprint density at radius 1 is 1.42 bits per heavy atom. The lowest BCUT2D eigenvalue weighted by Crippen LogP contribution is -2.70. The van der Waals surface area contributed by atoms with Crippen LogP contribution < -0.4 is 5.73 Å². The number of fused-ring (bicyclic) bond motifs is 1. The highest BCUT2D eigenvalue weighted by Crippen LogP contribution is 2.56. The minimum absolute atomic E-state index is 0.108. The number of hydrogen-bond donors (Lipinski definition) is 1. The zero-order chi connectivity index (χ0) is 14.4. The van der Waals surface area contributed by atoms with Crippen molar-refractivity contribution in [2.45, 2.75) is 59.1 Å². The van der Waals surface area contributed by atoms with Gasteiger partial charge in [-0.2, -0.15) is 0 Å². The highest BCUT2D eigenvalue weighted by Gasteiger charge is 2.59. The van der Waals surface area contributed by atoms with Crippen molar-refractivity contribution in [2.24, 2.45) is 23.0 Å². The maximum absolute atomic E-state index is 12.4. The van der Waals surface area contributed by atoms with Crippen molar-refractivity contribution in [1.29, 1.82) is 0 Å². The van der Waals surface area contributed by atoms with Gasteiger partial charge < -0.3 is 15.4 Å². The Kier molecular flexibility index (Phi) is 3.58. The van der Waals surface area contributed by atoms with E-state index in [2.05, 4.69) is 13.8 Å². The third kappa shape index (κ3) is 2.47. The van der Waals surface area contributed by atoms with E-state index in [0.717, 1.165) is 19.5 Å². The molecule has 4 nitrogen and oxygen atoms in total. The fourth-order valence-corrected chi connectivity index (χ4v) is 4.06. The molecule has 0 aromatic rings. The van der Waals surface area contributed by atoms with Gasteiger partial charge >= 0.3 is 6.09 Å². The second-order valence-electron chi connectivity index (χ2n) is 7.59. The highest BCUT2D eigenvalue weighted by atomic mass is 16.6. The Bertz CT molecular complexity index is 360. The van der Waals surface area contributed by atoms with E-state index in [0.29, 0.717) is 17.9 Å². The molecule has 4 heteroatoms. The molecule has 3 atom stereocenters. The van der Waals surface area contributed by atoms with Crippen molar-refractivity contribution in [2.75, 3.05) is 13.1 Å².